The van der Waals surface area contributed by atoms with Crippen LogP contribution in [-0.4, -0.2) is 52.9 Å². The average Bonchev–Trinajstić information content (AvgIpc) is 2.94. The summed E-state index contributed by atoms with van der Waals surface area (Å²) in [5.74, 6) is -2.58. The Kier molecular flexibility index (Phi) is 5.51. The van der Waals surface area contributed by atoms with E-state index in [1.807, 2.05) is 30.5 Å². The predicted molar refractivity (Wildman–Crippen MR) is 90.0 cm³/mol. The normalized spacial score (nSPS) is 19.9. The summed E-state index contributed by atoms with van der Waals surface area (Å²) in [5, 5.41) is 20.9. The maximum Gasteiger partial charge on any atom is 0.337 e. The number of carboxylic acids is 1. The van der Waals surface area contributed by atoms with Crippen LogP contribution in [0.15, 0.2) is 29.2 Å². The van der Waals surface area contributed by atoms with E-state index in [-0.39, 0.29) is 18.9 Å². The van der Waals surface area contributed by atoms with Gasteiger partial charge in [0, 0.05) is 23.5 Å². The van der Waals surface area contributed by atoms with Crippen molar-refractivity contribution in [3.63, 3.8) is 0 Å². The number of thioether (sulfide) groups is 1. The molecule has 0 saturated carbocycles. The van der Waals surface area contributed by atoms with E-state index in [0.717, 1.165) is 17.5 Å². The van der Waals surface area contributed by atoms with E-state index < -0.39 is 29.9 Å². The van der Waals surface area contributed by atoms with E-state index in [1.54, 1.807) is 16.7 Å². The number of nitrogens with one attached hydrogen (secondary N) is 1. The summed E-state index contributed by atoms with van der Waals surface area (Å²) in [5.41, 5.74) is -1.31. The van der Waals surface area contributed by atoms with Gasteiger partial charge < -0.3 is 20.4 Å². The van der Waals surface area contributed by atoms with E-state index in [4.69, 9.17) is 5.11 Å². The number of rotatable bonds is 6. The number of carbonyl (C=O) groups is 3. The number of amides is 2. The third kappa shape index (κ3) is 4.07. The second-order valence-electron chi connectivity index (χ2n) is 5.90. The molecule has 1 aromatic rings. The number of anilines is 1. The Morgan fingerprint density at radius 2 is 2.00 bits per heavy atom. The molecule has 24 heavy (non-hydrogen) atoms. The summed E-state index contributed by atoms with van der Waals surface area (Å²) in [7, 11) is 0. The fraction of sp³-hybridized carbons (Fsp3) is 0.438. The highest BCUT2D eigenvalue weighted by Gasteiger charge is 2.37. The van der Waals surface area contributed by atoms with Crippen molar-refractivity contribution < 1.29 is 24.6 Å². The van der Waals surface area contributed by atoms with Crippen molar-refractivity contribution in [2.45, 2.75) is 23.8 Å². The first-order valence-electron chi connectivity index (χ1n) is 7.42. The van der Waals surface area contributed by atoms with Crippen molar-refractivity contribution in [2.75, 3.05) is 24.2 Å². The molecule has 2 amide bonds. The van der Waals surface area contributed by atoms with E-state index in [1.165, 1.54) is 0 Å². The van der Waals surface area contributed by atoms with Crippen LogP contribution in [0, 0.1) is 5.92 Å². The van der Waals surface area contributed by atoms with Gasteiger partial charge in [-0.15, -0.1) is 11.8 Å². The van der Waals surface area contributed by atoms with Gasteiger partial charge >= 0.3 is 5.97 Å². The Bertz CT molecular complexity index is 644. The zero-order valence-electron chi connectivity index (χ0n) is 13.5. The van der Waals surface area contributed by atoms with Gasteiger partial charge in [0.15, 0.2) is 5.60 Å². The molecule has 0 spiro atoms. The third-order valence-corrected chi connectivity index (χ3v) is 4.69. The number of aliphatic hydroxyl groups is 1. The summed E-state index contributed by atoms with van der Waals surface area (Å²) < 4.78 is 0. The second kappa shape index (κ2) is 7.23. The van der Waals surface area contributed by atoms with E-state index in [9.17, 15) is 19.5 Å². The molecule has 1 fully saturated rings. The van der Waals surface area contributed by atoms with Crippen LogP contribution in [0.4, 0.5) is 5.69 Å². The number of hydrogen-bond acceptors (Lipinski definition) is 5. The lowest BCUT2D eigenvalue weighted by Crippen LogP contribution is -2.48. The lowest BCUT2D eigenvalue weighted by Gasteiger charge is -2.20. The van der Waals surface area contributed by atoms with Crippen LogP contribution >= 0.6 is 11.8 Å². The van der Waals surface area contributed by atoms with Gasteiger partial charge in [0.1, 0.15) is 0 Å². The van der Waals surface area contributed by atoms with Crippen molar-refractivity contribution in [3.8, 4) is 0 Å². The molecule has 8 heteroatoms. The Labute approximate surface area is 144 Å². The molecule has 3 N–H and O–H groups in total. The van der Waals surface area contributed by atoms with Crippen molar-refractivity contribution >= 4 is 35.2 Å². The molecule has 0 aliphatic carbocycles. The van der Waals surface area contributed by atoms with E-state index in [2.05, 4.69) is 5.32 Å². The number of carboxylic acid groups (broad SMARTS) is 1. The zero-order chi connectivity index (χ0) is 17.9. The highest BCUT2D eigenvalue weighted by atomic mass is 32.2. The summed E-state index contributed by atoms with van der Waals surface area (Å²) in [6.07, 6.45) is 2.02. The largest absolute Gasteiger partial charge is 0.479 e. The molecule has 1 aliphatic heterocycles. The third-order valence-electron chi connectivity index (χ3n) is 3.95. The SMILES string of the molecule is CSc1ccc(N2CC(C(=O)NCC(C)(O)C(=O)O)CC2=O)cc1. The lowest BCUT2D eigenvalue weighted by molar-refractivity contribution is -0.156. The van der Waals surface area contributed by atoms with E-state index in [0.29, 0.717) is 0 Å². The summed E-state index contributed by atoms with van der Waals surface area (Å²) in [6, 6.07) is 7.48. The fourth-order valence-corrected chi connectivity index (χ4v) is 2.78. The highest BCUT2D eigenvalue weighted by Crippen LogP contribution is 2.27. The average molecular weight is 352 g/mol. The van der Waals surface area contributed by atoms with Crippen LogP contribution in [0.1, 0.15) is 13.3 Å². The van der Waals surface area contributed by atoms with Gasteiger partial charge in [-0.1, -0.05) is 0 Å². The van der Waals surface area contributed by atoms with Gasteiger partial charge in [-0.25, -0.2) is 4.79 Å². The van der Waals surface area contributed by atoms with Crippen molar-refractivity contribution in [1.82, 2.24) is 5.32 Å². The van der Waals surface area contributed by atoms with Crippen LogP contribution in [0.3, 0.4) is 0 Å². The maximum atomic E-state index is 12.2. The Hall–Kier alpha value is -2.06. The number of carbonyl (C=O) groups excluding carboxylic acids is 2. The zero-order valence-corrected chi connectivity index (χ0v) is 14.3. The van der Waals surface area contributed by atoms with Crippen LogP contribution in [0.2, 0.25) is 0 Å². The molecule has 2 unspecified atom stereocenters. The highest BCUT2D eigenvalue weighted by molar-refractivity contribution is 7.98. The van der Waals surface area contributed by atoms with Crippen molar-refractivity contribution in [2.24, 2.45) is 5.92 Å². The maximum absolute atomic E-state index is 12.2. The van der Waals surface area contributed by atoms with Crippen LogP contribution in [-0.2, 0) is 14.4 Å². The molecule has 130 valence electrons. The van der Waals surface area contributed by atoms with Crippen molar-refractivity contribution in [1.29, 1.82) is 0 Å². The molecule has 0 bridgehead atoms. The van der Waals surface area contributed by atoms with Gasteiger partial charge in [-0.05, 0) is 37.4 Å². The molecule has 2 rings (SSSR count). The molecule has 7 nitrogen and oxygen atoms in total. The van der Waals surface area contributed by atoms with Gasteiger partial charge in [-0.2, -0.15) is 0 Å². The second-order valence-corrected chi connectivity index (χ2v) is 6.78. The smallest absolute Gasteiger partial charge is 0.337 e. The molecule has 2 atom stereocenters. The minimum atomic E-state index is -2.04. The van der Waals surface area contributed by atoms with Crippen LogP contribution in [0.5, 0.6) is 0 Å². The van der Waals surface area contributed by atoms with Gasteiger partial charge in [0.2, 0.25) is 11.8 Å². The molecule has 1 aromatic carbocycles. The summed E-state index contributed by atoms with van der Waals surface area (Å²) in [6.45, 7) is 0.932. The quantitative estimate of drug-likeness (QED) is 0.651. The van der Waals surface area contributed by atoms with Gasteiger partial charge in [-0.3, -0.25) is 9.59 Å². The number of hydrogen-bond donors (Lipinski definition) is 3. The van der Waals surface area contributed by atoms with Crippen molar-refractivity contribution in [3.05, 3.63) is 24.3 Å². The standard InChI is InChI=1S/C16H20N2O5S/c1-16(23,15(21)22)9-17-14(20)10-7-13(19)18(8-10)11-3-5-12(24-2)6-4-11/h3-6,10,23H,7-9H2,1-2H3,(H,17,20)(H,21,22). The van der Waals surface area contributed by atoms with Crippen LogP contribution < -0.4 is 10.2 Å². The predicted octanol–water partition coefficient (Wildman–Crippen LogP) is 0.713. The van der Waals surface area contributed by atoms with Gasteiger partial charge in [0.05, 0.1) is 12.5 Å². The Morgan fingerprint density at radius 3 is 2.54 bits per heavy atom. The molecule has 1 saturated heterocycles. The minimum absolute atomic E-state index is 0.0608. The fourth-order valence-electron chi connectivity index (χ4n) is 2.37. The molecular weight excluding hydrogens is 332 g/mol. The molecule has 1 heterocycles. The Balaban J connectivity index is 1.98. The molecular formula is C16H20N2O5S. The number of nitrogens with zero attached hydrogens (tertiary/aromatic N) is 1. The van der Waals surface area contributed by atoms with Crippen LogP contribution in [0.25, 0.3) is 0 Å². The number of benzene rings is 1. The van der Waals surface area contributed by atoms with Gasteiger partial charge in [0.25, 0.3) is 0 Å². The molecule has 0 aromatic heterocycles. The monoisotopic (exact) mass is 352 g/mol. The topological polar surface area (TPSA) is 107 Å². The Morgan fingerprint density at radius 1 is 1.38 bits per heavy atom. The number of aliphatic carboxylic acids is 1. The first kappa shape index (κ1) is 18.3. The summed E-state index contributed by atoms with van der Waals surface area (Å²) >= 11 is 1.60. The first-order valence-corrected chi connectivity index (χ1v) is 8.65. The molecule has 1 aliphatic rings. The lowest BCUT2D eigenvalue weighted by atomic mass is 10.1. The first-order chi connectivity index (χ1) is 11.2. The summed E-state index contributed by atoms with van der Waals surface area (Å²) in [4.78, 5) is 37.7. The molecule has 0 radical (unpaired) electrons. The minimum Gasteiger partial charge on any atom is -0.479 e. The van der Waals surface area contributed by atoms with E-state index >= 15 is 0 Å².